The van der Waals surface area contributed by atoms with Gasteiger partial charge in [0.15, 0.2) is 16.5 Å². The van der Waals surface area contributed by atoms with Gasteiger partial charge in [0.2, 0.25) is 0 Å². The second-order valence-corrected chi connectivity index (χ2v) is 8.20. The number of rotatable bonds is 11. The molecule has 0 aliphatic rings. The first-order valence-corrected chi connectivity index (χ1v) is 11.6. The normalized spacial score (nSPS) is 10.5. The van der Waals surface area contributed by atoms with Crippen molar-refractivity contribution in [1.29, 1.82) is 0 Å². The Morgan fingerprint density at radius 1 is 0.912 bits per heavy atom. The van der Waals surface area contributed by atoms with Crippen molar-refractivity contribution < 1.29 is 23.8 Å². The molecular formula is C24H25N3O6S. The van der Waals surface area contributed by atoms with Crippen LogP contribution in [0.3, 0.4) is 0 Å². The molecule has 0 fully saturated rings. The summed E-state index contributed by atoms with van der Waals surface area (Å²) >= 11 is 1.49. The van der Waals surface area contributed by atoms with Gasteiger partial charge in [-0.05, 0) is 19.3 Å². The van der Waals surface area contributed by atoms with E-state index >= 15 is 0 Å². The van der Waals surface area contributed by atoms with Crippen LogP contribution in [0.25, 0.3) is 11.3 Å². The zero-order chi connectivity index (χ0) is 24.3. The lowest BCUT2D eigenvalue weighted by molar-refractivity contribution is 0.0584. The number of H-pyrrole nitrogens is 1. The molecular weight excluding hydrogens is 458 g/mol. The number of ether oxygens (including phenoxy) is 3. The number of benzene rings is 1. The molecule has 3 rings (SSSR count). The minimum Gasteiger partial charge on any atom is -0.493 e. The van der Waals surface area contributed by atoms with Crippen LogP contribution in [-0.4, -0.2) is 53.5 Å². The van der Waals surface area contributed by atoms with Crippen molar-refractivity contribution >= 4 is 23.7 Å². The third kappa shape index (κ3) is 7.17. The lowest BCUT2D eigenvalue weighted by Gasteiger charge is -2.09. The van der Waals surface area contributed by atoms with E-state index in [1.807, 2.05) is 30.3 Å². The lowest BCUT2D eigenvalue weighted by atomic mass is 10.1. The standard InChI is InChI=1S/C24H25N3O6S/c1-31-22(29)19-13-17(14-20(25-19)23(30)32-2)33-11-7-4-8-12-34-24-26-18(15-21(28)27-24)16-9-5-3-6-10-16/h3,5-6,9-10,13-15H,4,7-8,11-12H2,1-2H3,(H,26,27,28). The van der Waals surface area contributed by atoms with E-state index in [9.17, 15) is 14.4 Å². The molecule has 9 nitrogen and oxygen atoms in total. The number of hydrogen-bond donors (Lipinski definition) is 1. The van der Waals surface area contributed by atoms with Gasteiger partial charge in [-0.2, -0.15) is 0 Å². The summed E-state index contributed by atoms with van der Waals surface area (Å²) in [6.45, 7) is 0.397. The van der Waals surface area contributed by atoms with Crippen molar-refractivity contribution in [2.24, 2.45) is 0 Å². The smallest absolute Gasteiger partial charge is 0.356 e. The van der Waals surface area contributed by atoms with Crippen molar-refractivity contribution in [2.75, 3.05) is 26.6 Å². The Balaban J connectivity index is 1.46. The van der Waals surface area contributed by atoms with Crippen LogP contribution < -0.4 is 10.3 Å². The van der Waals surface area contributed by atoms with E-state index in [1.54, 1.807) is 0 Å². The van der Waals surface area contributed by atoms with E-state index in [0.29, 0.717) is 23.2 Å². The highest BCUT2D eigenvalue weighted by Crippen LogP contribution is 2.20. The van der Waals surface area contributed by atoms with Crippen molar-refractivity contribution in [3.63, 3.8) is 0 Å². The number of esters is 2. The minimum atomic E-state index is -0.671. The Bertz CT molecular complexity index is 1150. The van der Waals surface area contributed by atoms with E-state index in [4.69, 9.17) is 4.74 Å². The predicted octanol–water partition coefficient (Wildman–Crippen LogP) is 3.75. The summed E-state index contributed by atoms with van der Waals surface area (Å²) in [6.07, 6.45) is 2.54. The number of hydrogen-bond acceptors (Lipinski definition) is 9. The second-order valence-electron chi connectivity index (χ2n) is 7.12. The molecule has 2 heterocycles. The van der Waals surface area contributed by atoms with E-state index in [2.05, 4.69) is 24.4 Å². The molecule has 0 radical (unpaired) electrons. The first kappa shape index (κ1) is 25.0. The molecule has 1 aromatic carbocycles. The molecule has 178 valence electrons. The Hall–Kier alpha value is -3.66. The van der Waals surface area contributed by atoms with Crippen molar-refractivity contribution in [3.8, 4) is 17.0 Å². The number of aromatic nitrogens is 3. The lowest BCUT2D eigenvalue weighted by Crippen LogP contribution is -2.12. The number of methoxy groups -OCH3 is 2. The molecule has 0 aliphatic carbocycles. The van der Waals surface area contributed by atoms with Crippen molar-refractivity contribution in [1.82, 2.24) is 15.0 Å². The summed E-state index contributed by atoms with van der Waals surface area (Å²) in [7, 11) is 2.47. The minimum absolute atomic E-state index is 0.0315. The van der Waals surface area contributed by atoms with Crippen LogP contribution in [0, 0.1) is 0 Å². The zero-order valence-electron chi connectivity index (χ0n) is 18.9. The second kappa shape index (κ2) is 12.5. The largest absolute Gasteiger partial charge is 0.493 e. The third-order valence-electron chi connectivity index (χ3n) is 4.67. The van der Waals surface area contributed by atoms with E-state index in [0.717, 1.165) is 30.6 Å². The number of nitrogens with one attached hydrogen (secondary N) is 1. The summed E-state index contributed by atoms with van der Waals surface area (Å²) in [4.78, 5) is 46.8. The monoisotopic (exact) mass is 483 g/mol. The Morgan fingerprint density at radius 2 is 1.59 bits per heavy atom. The number of thioether (sulfide) groups is 1. The zero-order valence-corrected chi connectivity index (χ0v) is 19.7. The van der Waals surface area contributed by atoms with Crippen LogP contribution >= 0.6 is 11.8 Å². The van der Waals surface area contributed by atoms with Crippen molar-refractivity contribution in [2.45, 2.75) is 24.4 Å². The number of aromatic amines is 1. The summed E-state index contributed by atoms with van der Waals surface area (Å²) in [5, 5.41) is 0.588. The van der Waals surface area contributed by atoms with Gasteiger partial charge in [-0.1, -0.05) is 42.1 Å². The van der Waals surface area contributed by atoms with Gasteiger partial charge < -0.3 is 19.2 Å². The van der Waals surface area contributed by atoms with E-state index in [-0.39, 0.29) is 16.9 Å². The molecule has 0 aliphatic heterocycles. The first-order valence-electron chi connectivity index (χ1n) is 10.6. The molecule has 2 aromatic heterocycles. The summed E-state index contributed by atoms with van der Waals surface area (Å²) < 4.78 is 15.0. The number of carbonyl (C=O) groups excluding carboxylic acids is 2. The molecule has 10 heteroatoms. The average molecular weight is 484 g/mol. The molecule has 0 unspecified atom stereocenters. The maximum Gasteiger partial charge on any atom is 0.356 e. The fourth-order valence-electron chi connectivity index (χ4n) is 3.01. The van der Waals surface area contributed by atoms with Crippen LogP contribution in [0.2, 0.25) is 0 Å². The number of carbonyl (C=O) groups is 2. The van der Waals surface area contributed by atoms with Crippen LogP contribution in [0.1, 0.15) is 40.2 Å². The maximum absolute atomic E-state index is 12.0. The Kier molecular flexibility index (Phi) is 9.21. The van der Waals surface area contributed by atoms with Crippen LogP contribution in [0.4, 0.5) is 0 Å². The van der Waals surface area contributed by atoms with Gasteiger partial charge in [0, 0.05) is 29.5 Å². The number of nitrogens with zero attached hydrogens (tertiary/aromatic N) is 2. The molecule has 0 atom stereocenters. The van der Waals surface area contributed by atoms with Gasteiger partial charge in [-0.25, -0.2) is 19.6 Å². The first-order chi connectivity index (χ1) is 16.5. The highest BCUT2D eigenvalue weighted by atomic mass is 32.2. The molecule has 1 N–H and O–H groups in total. The average Bonchev–Trinajstić information content (AvgIpc) is 2.87. The molecule has 0 saturated heterocycles. The SMILES string of the molecule is COC(=O)c1cc(OCCCCCSc2nc(-c3ccccc3)cc(=O)[nH]2)cc(C(=O)OC)n1. The molecule has 0 bridgehead atoms. The van der Waals surface area contributed by atoms with Crippen LogP contribution in [-0.2, 0) is 9.47 Å². The summed E-state index contributed by atoms with van der Waals surface area (Å²) in [5.41, 5.74) is 1.30. The molecule has 34 heavy (non-hydrogen) atoms. The quantitative estimate of drug-likeness (QED) is 0.188. The Labute approximate surface area is 200 Å². The molecule has 0 saturated carbocycles. The van der Waals surface area contributed by atoms with Gasteiger partial charge in [0.05, 0.1) is 26.5 Å². The fourth-order valence-corrected chi connectivity index (χ4v) is 3.88. The predicted molar refractivity (Wildman–Crippen MR) is 127 cm³/mol. The molecule has 0 amide bonds. The van der Waals surface area contributed by atoms with Gasteiger partial charge in [-0.3, -0.25) is 4.79 Å². The third-order valence-corrected chi connectivity index (χ3v) is 5.63. The van der Waals surface area contributed by atoms with Gasteiger partial charge in [0.1, 0.15) is 5.75 Å². The van der Waals surface area contributed by atoms with Gasteiger partial charge in [0.25, 0.3) is 5.56 Å². The highest BCUT2D eigenvalue weighted by Gasteiger charge is 2.16. The topological polar surface area (TPSA) is 120 Å². The number of pyridine rings is 1. The summed E-state index contributed by atoms with van der Waals surface area (Å²) in [5.74, 6) is -0.217. The maximum atomic E-state index is 12.0. The molecule has 3 aromatic rings. The molecule has 0 spiro atoms. The Morgan fingerprint density at radius 3 is 2.24 bits per heavy atom. The van der Waals surface area contributed by atoms with Crippen molar-refractivity contribution in [3.05, 3.63) is 70.3 Å². The van der Waals surface area contributed by atoms with E-state index in [1.165, 1.54) is 44.2 Å². The number of unbranched alkanes of at least 4 members (excludes halogenated alkanes) is 2. The highest BCUT2D eigenvalue weighted by molar-refractivity contribution is 7.99. The van der Waals surface area contributed by atoms with Crippen LogP contribution in [0.5, 0.6) is 5.75 Å². The summed E-state index contributed by atoms with van der Waals surface area (Å²) in [6, 6.07) is 13.9. The van der Waals surface area contributed by atoms with E-state index < -0.39 is 11.9 Å². The van der Waals surface area contributed by atoms with Gasteiger partial charge in [-0.15, -0.1) is 0 Å². The van der Waals surface area contributed by atoms with Gasteiger partial charge >= 0.3 is 11.9 Å². The van der Waals surface area contributed by atoms with Crippen LogP contribution in [0.15, 0.2) is 58.5 Å². The fraction of sp³-hybridized carbons (Fsp3) is 0.292.